The molecule has 3 aromatic carbocycles. The van der Waals surface area contributed by atoms with Crippen molar-refractivity contribution in [3.63, 3.8) is 0 Å². The van der Waals surface area contributed by atoms with E-state index in [-0.39, 0.29) is 35.5 Å². The zero-order valence-electron chi connectivity index (χ0n) is 29.1. The van der Waals surface area contributed by atoms with Gasteiger partial charge in [0.1, 0.15) is 28.4 Å². The number of aromatic nitrogens is 2. The summed E-state index contributed by atoms with van der Waals surface area (Å²) in [6, 6.07) is 13.5. The fourth-order valence-corrected chi connectivity index (χ4v) is 7.77. The highest BCUT2D eigenvalue weighted by atomic mass is 35.5. The summed E-state index contributed by atoms with van der Waals surface area (Å²) in [7, 11) is 7.01. The van der Waals surface area contributed by atoms with Crippen LogP contribution in [0, 0.1) is 5.92 Å². The van der Waals surface area contributed by atoms with Crippen molar-refractivity contribution in [1.29, 1.82) is 0 Å². The molecule has 1 amide bonds. The van der Waals surface area contributed by atoms with E-state index >= 15 is 0 Å². The van der Waals surface area contributed by atoms with E-state index in [1.165, 1.54) is 7.11 Å². The number of carbonyl (C=O) groups excluding carboxylic acids is 2. The third kappa shape index (κ3) is 6.75. The number of amides is 1. The Morgan fingerprint density at radius 1 is 0.961 bits per heavy atom. The van der Waals surface area contributed by atoms with E-state index in [2.05, 4.69) is 27.7 Å². The average molecular weight is 735 g/mol. The molecule has 2 aliphatic carbocycles. The fraction of sp³-hybridized carbons (Fsp3) is 0.395. The first-order chi connectivity index (χ1) is 24.7. The Morgan fingerprint density at radius 2 is 1.75 bits per heavy atom. The molecule has 0 saturated heterocycles. The zero-order chi connectivity index (χ0) is 35.8. The summed E-state index contributed by atoms with van der Waals surface area (Å²) in [6.45, 7) is 1.78. The van der Waals surface area contributed by atoms with Crippen molar-refractivity contribution >= 4 is 40.8 Å². The zero-order valence-corrected chi connectivity index (χ0v) is 30.6. The van der Waals surface area contributed by atoms with Gasteiger partial charge in [-0.15, -0.1) is 5.48 Å². The Bertz CT molecular complexity index is 1990. The van der Waals surface area contributed by atoms with Crippen LogP contribution in [0.15, 0.2) is 42.5 Å². The van der Waals surface area contributed by atoms with Gasteiger partial charge in [0, 0.05) is 43.9 Å². The summed E-state index contributed by atoms with van der Waals surface area (Å²) < 4.78 is 19.8. The number of methoxy groups -OCH3 is 2. The first kappa shape index (κ1) is 35.1. The molecule has 1 atom stereocenters. The van der Waals surface area contributed by atoms with Crippen LogP contribution in [-0.4, -0.2) is 54.1 Å². The number of nitrogens with one attached hydrogen (secondary N) is 2. The van der Waals surface area contributed by atoms with Gasteiger partial charge in [-0.1, -0.05) is 60.0 Å². The molecule has 11 nitrogen and oxygen atoms in total. The van der Waals surface area contributed by atoms with Gasteiger partial charge in [-0.05, 0) is 55.5 Å². The van der Waals surface area contributed by atoms with Gasteiger partial charge in [-0.3, -0.25) is 9.59 Å². The van der Waals surface area contributed by atoms with Gasteiger partial charge < -0.3 is 33.8 Å². The summed E-state index contributed by atoms with van der Waals surface area (Å²) in [6.07, 6.45) is 4.74. The first-order valence-electron chi connectivity index (χ1n) is 17.2. The lowest BCUT2D eigenvalue weighted by molar-refractivity contribution is -0.159. The summed E-state index contributed by atoms with van der Waals surface area (Å²) in [5, 5.41) is 3.74. The second-order valence-corrected chi connectivity index (χ2v) is 14.0. The van der Waals surface area contributed by atoms with Gasteiger partial charge in [0.25, 0.3) is 5.91 Å². The fourth-order valence-electron chi connectivity index (χ4n) is 7.20. The number of anilines is 1. The normalized spacial score (nSPS) is 16.9. The number of ether oxygens (including phenoxy) is 3. The molecule has 268 valence electrons. The molecule has 0 bridgehead atoms. The van der Waals surface area contributed by atoms with Crippen LogP contribution in [0.1, 0.15) is 70.5 Å². The van der Waals surface area contributed by atoms with Gasteiger partial charge in [0.2, 0.25) is 0 Å². The minimum absolute atomic E-state index is 0.0542. The molecular formula is C38H41Cl2N5O6. The molecule has 2 N–H and O–H groups in total. The Kier molecular flexibility index (Phi) is 10.2. The maximum Gasteiger partial charge on any atom is 0.327 e. The molecule has 1 aromatic heterocycles. The Morgan fingerprint density at radius 3 is 2.49 bits per heavy atom. The largest absolute Gasteiger partial charge is 0.496 e. The summed E-state index contributed by atoms with van der Waals surface area (Å²) >= 11 is 13.9. The highest BCUT2D eigenvalue weighted by Gasteiger charge is 2.31. The molecule has 13 heteroatoms. The number of hydroxylamine groups is 1. The van der Waals surface area contributed by atoms with Crippen molar-refractivity contribution in [2.24, 2.45) is 13.0 Å². The summed E-state index contributed by atoms with van der Waals surface area (Å²) in [5.41, 5.74) is 9.78. The summed E-state index contributed by atoms with van der Waals surface area (Å²) in [5.74, 6) is 0.997. The molecule has 1 aliphatic heterocycles. The molecule has 1 unspecified atom stereocenters. The number of hydrogen-bond acceptors (Lipinski definition) is 9. The van der Waals surface area contributed by atoms with E-state index < -0.39 is 0 Å². The smallest absolute Gasteiger partial charge is 0.327 e. The van der Waals surface area contributed by atoms with Crippen LogP contribution < -0.4 is 25.0 Å². The van der Waals surface area contributed by atoms with E-state index in [4.69, 9.17) is 42.3 Å². The number of carbonyl (C=O) groups is 2. The second-order valence-electron chi connectivity index (χ2n) is 13.3. The number of benzene rings is 3. The van der Waals surface area contributed by atoms with E-state index in [0.717, 1.165) is 72.3 Å². The average Bonchev–Trinajstić information content (AvgIpc) is 3.66. The van der Waals surface area contributed by atoms with Crippen molar-refractivity contribution in [1.82, 2.24) is 19.9 Å². The van der Waals surface area contributed by atoms with Gasteiger partial charge in [-0.2, -0.15) is 0 Å². The number of rotatable bonds is 11. The lowest BCUT2D eigenvalue weighted by Gasteiger charge is -2.23. The van der Waals surface area contributed by atoms with Crippen LogP contribution in [0.3, 0.4) is 0 Å². The van der Waals surface area contributed by atoms with Crippen LogP contribution in [0.5, 0.6) is 17.2 Å². The molecular weight excluding hydrogens is 693 g/mol. The van der Waals surface area contributed by atoms with E-state index in [9.17, 15) is 9.59 Å². The second kappa shape index (κ2) is 14.7. The molecule has 0 radical (unpaired) electrons. The van der Waals surface area contributed by atoms with E-state index in [1.54, 1.807) is 19.2 Å². The number of halogens is 2. The third-order valence-electron chi connectivity index (χ3n) is 10.2. The number of likely N-dealkylation sites (N-methyl/N-ethyl adjacent to an activating group) is 1. The molecule has 2 heterocycles. The third-order valence-corrected chi connectivity index (χ3v) is 11.0. The molecule has 1 saturated carbocycles. The van der Waals surface area contributed by atoms with Crippen LogP contribution >= 0.6 is 23.2 Å². The quantitative estimate of drug-likeness (QED) is 0.156. The maximum atomic E-state index is 13.5. The van der Waals surface area contributed by atoms with Crippen LogP contribution in [0.2, 0.25) is 10.0 Å². The Balaban J connectivity index is 1.10. The molecule has 51 heavy (non-hydrogen) atoms. The van der Waals surface area contributed by atoms with E-state index in [1.807, 2.05) is 41.9 Å². The van der Waals surface area contributed by atoms with Gasteiger partial charge in [0.05, 0.1) is 48.6 Å². The predicted octanol–water partition coefficient (Wildman–Crippen LogP) is 7.07. The maximum absolute atomic E-state index is 13.5. The topological polar surface area (TPSA) is 116 Å². The van der Waals surface area contributed by atoms with Crippen LogP contribution in [-0.2, 0) is 42.6 Å². The van der Waals surface area contributed by atoms with Gasteiger partial charge in [-0.25, -0.2) is 4.98 Å². The van der Waals surface area contributed by atoms with Crippen molar-refractivity contribution in [3.05, 3.63) is 86.4 Å². The lowest BCUT2D eigenvalue weighted by Crippen LogP contribution is -2.29. The highest BCUT2D eigenvalue weighted by Crippen LogP contribution is 2.47. The number of nitrogens with zero attached hydrogens (tertiary/aromatic N) is 3. The highest BCUT2D eigenvalue weighted by molar-refractivity contribution is 6.36. The lowest BCUT2D eigenvalue weighted by atomic mass is 9.86. The van der Waals surface area contributed by atoms with Crippen molar-refractivity contribution in [2.45, 2.75) is 57.7 Å². The first-order valence-corrected chi connectivity index (χ1v) is 17.9. The van der Waals surface area contributed by atoms with Gasteiger partial charge >= 0.3 is 5.97 Å². The van der Waals surface area contributed by atoms with E-state index in [0.29, 0.717) is 52.3 Å². The standard InChI is InChI=1S/C38H41Cl2N5O6/c1-44-17-16-29-28(20-44)42-36(45(29)2)37(46)43-27-13-7-12-25(33(27)39)22-10-6-11-24-23(22)14-15-30(24)50-32-18-31(48-3)26(35(49-4)34(32)40)19-41-51-38(47)21-8-5-9-21/h6-7,10-13,18,21,30,41H,5,8-9,14-17,19-20H2,1-4H3,(H,43,46). The van der Waals surface area contributed by atoms with Crippen LogP contribution in [0.25, 0.3) is 11.1 Å². The number of hydrogen-bond donors (Lipinski definition) is 2. The van der Waals surface area contributed by atoms with Gasteiger partial charge in [0.15, 0.2) is 5.82 Å². The molecule has 0 spiro atoms. The minimum atomic E-state index is -0.306. The number of imidazole rings is 1. The van der Waals surface area contributed by atoms with Crippen molar-refractivity contribution in [2.75, 3.05) is 33.1 Å². The predicted molar refractivity (Wildman–Crippen MR) is 195 cm³/mol. The van der Waals surface area contributed by atoms with Crippen molar-refractivity contribution in [3.8, 4) is 28.4 Å². The molecule has 3 aliphatic rings. The Hall–Kier alpha value is -4.29. The Labute approximate surface area is 307 Å². The monoisotopic (exact) mass is 733 g/mol. The molecule has 1 fully saturated rings. The SMILES string of the molecule is COc1cc(OC2CCc3c(-c4cccc(NC(=O)c5nc6c(n5C)CCN(C)C6)c4Cl)cccc32)c(Cl)c(OC)c1CNOC(=O)C1CCC1. The van der Waals surface area contributed by atoms with Crippen molar-refractivity contribution < 1.29 is 28.6 Å². The number of fused-ring (bicyclic) bond motifs is 2. The molecule has 4 aromatic rings. The molecule has 7 rings (SSSR count). The minimum Gasteiger partial charge on any atom is -0.496 e. The summed E-state index contributed by atoms with van der Waals surface area (Å²) in [4.78, 5) is 37.8. The van der Waals surface area contributed by atoms with Crippen LogP contribution in [0.4, 0.5) is 5.69 Å².